The maximum Gasteiger partial charge on any atom is 0.0745 e. The van der Waals surface area contributed by atoms with Crippen LogP contribution in [0.1, 0.15) is 5.56 Å². The molecule has 0 N–H and O–H groups in total. The summed E-state index contributed by atoms with van der Waals surface area (Å²) in [6.45, 7) is 2.12. The monoisotopic (exact) mass is 269 g/mol. The summed E-state index contributed by atoms with van der Waals surface area (Å²) in [6, 6.07) is 25.4. The average Bonchev–Trinajstić information content (AvgIpc) is 2.54. The van der Waals surface area contributed by atoms with Gasteiger partial charge in [-0.2, -0.15) is 0 Å². The maximum atomic E-state index is 4.86. The number of pyridine rings is 1. The number of aromatic nitrogens is 1. The molecule has 0 saturated carbocycles. The number of para-hydroxylation sites is 2. The highest BCUT2D eigenvalue weighted by molar-refractivity contribution is 6.10. The molecule has 0 saturated heterocycles. The third-order valence-corrected chi connectivity index (χ3v) is 3.98. The van der Waals surface area contributed by atoms with E-state index in [0.717, 1.165) is 11.0 Å². The molecule has 0 bridgehead atoms. The van der Waals surface area contributed by atoms with Gasteiger partial charge in [-0.25, -0.2) is 4.98 Å². The molecule has 1 heterocycles. The van der Waals surface area contributed by atoms with Crippen molar-refractivity contribution in [1.29, 1.82) is 0 Å². The molecule has 0 aliphatic rings. The van der Waals surface area contributed by atoms with Gasteiger partial charge in [-0.1, -0.05) is 66.7 Å². The van der Waals surface area contributed by atoms with Gasteiger partial charge in [-0.05, 0) is 24.1 Å². The minimum absolute atomic E-state index is 1.05. The summed E-state index contributed by atoms with van der Waals surface area (Å²) in [5, 5.41) is 2.43. The van der Waals surface area contributed by atoms with Crippen LogP contribution >= 0.6 is 0 Å². The van der Waals surface area contributed by atoms with Crippen molar-refractivity contribution in [2.75, 3.05) is 0 Å². The first-order valence-electron chi connectivity index (χ1n) is 7.18. The van der Waals surface area contributed by atoms with Crippen LogP contribution in [0.3, 0.4) is 0 Å². The summed E-state index contributed by atoms with van der Waals surface area (Å²) in [4.78, 5) is 4.86. The minimum Gasteiger partial charge on any atom is -0.247 e. The fourth-order valence-corrected chi connectivity index (χ4v) is 2.97. The van der Waals surface area contributed by atoms with Crippen molar-refractivity contribution in [3.63, 3.8) is 0 Å². The zero-order valence-corrected chi connectivity index (χ0v) is 11.9. The smallest absolute Gasteiger partial charge is 0.0745 e. The van der Waals surface area contributed by atoms with Crippen LogP contribution in [-0.2, 0) is 0 Å². The highest BCUT2D eigenvalue weighted by Gasteiger charge is 2.11. The lowest BCUT2D eigenvalue weighted by Gasteiger charge is -2.12. The van der Waals surface area contributed by atoms with E-state index in [-0.39, 0.29) is 0 Å². The van der Waals surface area contributed by atoms with Crippen molar-refractivity contribution in [2.45, 2.75) is 6.92 Å². The van der Waals surface area contributed by atoms with Gasteiger partial charge in [0.05, 0.1) is 11.0 Å². The van der Waals surface area contributed by atoms with E-state index < -0.39 is 0 Å². The number of benzene rings is 3. The Morgan fingerprint density at radius 2 is 1.38 bits per heavy atom. The van der Waals surface area contributed by atoms with Crippen LogP contribution in [-0.4, -0.2) is 4.98 Å². The van der Waals surface area contributed by atoms with Gasteiger partial charge >= 0.3 is 0 Å². The first-order valence-corrected chi connectivity index (χ1v) is 7.18. The van der Waals surface area contributed by atoms with Crippen LogP contribution < -0.4 is 0 Å². The van der Waals surface area contributed by atoms with Gasteiger partial charge < -0.3 is 0 Å². The van der Waals surface area contributed by atoms with E-state index in [1.165, 1.54) is 27.5 Å². The van der Waals surface area contributed by atoms with Crippen molar-refractivity contribution < 1.29 is 0 Å². The molecule has 21 heavy (non-hydrogen) atoms. The number of hydrogen-bond donors (Lipinski definition) is 0. The fraction of sp³-hybridized carbons (Fsp3) is 0.0500. The van der Waals surface area contributed by atoms with Crippen molar-refractivity contribution in [3.8, 4) is 11.1 Å². The fourth-order valence-electron chi connectivity index (χ4n) is 2.97. The Kier molecular flexibility index (Phi) is 2.71. The van der Waals surface area contributed by atoms with E-state index in [9.17, 15) is 0 Å². The standard InChI is InChI=1S/C20H15N/c1-14-8-7-12-17-19(15-9-3-2-4-10-15)16-11-5-6-13-18(16)21-20(14)17/h2-13H,1H3. The van der Waals surface area contributed by atoms with Gasteiger partial charge in [0.1, 0.15) is 0 Å². The van der Waals surface area contributed by atoms with E-state index in [0.29, 0.717) is 0 Å². The molecular weight excluding hydrogens is 254 g/mol. The molecule has 0 aliphatic heterocycles. The molecule has 0 fully saturated rings. The first-order chi connectivity index (χ1) is 10.3. The summed E-state index contributed by atoms with van der Waals surface area (Å²) < 4.78 is 0. The molecule has 0 radical (unpaired) electrons. The number of hydrogen-bond acceptors (Lipinski definition) is 1. The number of nitrogens with zero attached hydrogens (tertiary/aromatic N) is 1. The summed E-state index contributed by atoms with van der Waals surface area (Å²) in [5.74, 6) is 0. The quantitative estimate of drug-likeness (QED) is 0.424. The Morgan fingerprint density at radius 3 is 2.24 bits per heavy atom. The molecule has 4 aromatic rings. The van der Waals surface area contributed by atoms with Gasteiger partial charge in [0.15, 0.2) is 0 Å². The Morgan fingerprint density at radius 1 is 0.667 bits per heavy atom. The molecule has 100 valence electrons. The van der Waals surface area contributed by atoms with Gasteiger partial charge in [-0.15, -0.1) is 0 Å². The van der Waals surface area contributed by atoms with E-state index >= 15 is 0 Å². The SMILES string of the molecule is Cc1cccc2c(-c3ccccc3)c3ccccc3nc12. The Bertz CT molecular complexity index is 940. The van der Waals surface area contributed by atoms with E-state index in [4.69, 9.17) is 4.98 Å². The van der Waals surface area contributed by atoms with E-state index in [1.807, 2.05) is 6.07 Å². The summed E-state index contributed by atoms with van der Waals surface area (Å²) in [6.07, 6.45) is 0. The molecule has 3 aromatic carbocycles. The van der Waals surface area contributed by atoms with Crippen molar-refractivity contribution in [2.24, 2.45) is 0 Å². The maximum absolute atomic E-state index is 4.86. The molecule has 0 aliphatic carbocycles. The Hall–Kier alpha value is -2.67. The van der Waals surface area contributed by atoms with Gasteiger partial charge in [0.2, 0.25) is 0 Å². The van der Waals surface area contributed by atoms with Gasteiger partial charge in [0.25, 0.3) is 0 Å². The van der Waals surface area contributed by atoms with Crippen LogP contribution in [0.2, 0.25) is 0 Å². The lowest BCUT2D eigenvalue weighted by Crippen LogP contribution is -1.90. The predicted octanol–water partition coefficient (Wildman–Crippen LogP) is 5.36. The summed E-state index contributed by atoms with van der Waals surface area (Å²) in [5.41, 5.74) is 5.88. The Balaban J connectivity index is 2.26. The van der Waals surface area contributed by atoms with Crippen molar-refractivity contribution >= 4 is 21.8 Å². The third-order valence-electron chi connectivity index (χ3n) is 3.98. The van der Waals surface area contributed by atoms with Crippen LogP contribution in [0, 0.1) is 6.92 Å². The van der Waals surface area contributed by atoms with Crippen molar-refractivity contribution in [1.82, 2.24) is 4.98 Å². The van der Waals surface area contributed by atoms with Crippen molar-refractivity contribution in [3.05, 3.63) is 78.4 Å². The lowest BCUT2D eigenvalue weighted by atomic mass is 9.95. The average molecular weight is 269 g/mol. The summed E-state index contributed by atoms with van der Waals surface area (Å²) in [7, 11) is 0. The van der Waals surface area contributed by atoms with Crippen LogP contribution in [0.25, 0.3) is 32.9 Å². The topological polar surface area (TPSA) is 12.9 Å². The minimum atomic E-state index is 1.05. The van der Waals surface area contributed by atoms with E-state index in [2.05, 4.69) is 73.7 Å². The number of aryl methyl sites for hydroxylation is 1. The molecule has 1 aromatic heterocycles. The van der Waals surface area contributed by atoms with E-state index in [1.54, 1.807) is 0 Å². The predicted molar refractivity (Wildman–Crippen MR) is 89.4 cm³/mol. The molecule has 0 atom stereocenters. The molecule has 0 spiro atoms. The largest absolute Gasteiger partial charge is 0.247 e. The van der Waals surface area contributed by atoms with Crippen LogP contribution in [0.4, 0.5) is 0 Å². The summed E-state index contributed by atoms with van der Waals surface area (Å²) >= 11 is 0. The highest BCUT2D eigenvalue weighted by atomic mass is 14.7. The molecule has 1 nitrogen and oxygen atoms in total. The molecule has 1 heteroatoms. The molecule has 0 unspecified atom stereocenters. The highest BCUT2D eigenvalue weighted by Crippen LogP contribution is 2.35. The van der Waals surface area contributed by atoms with Crippen LogP contribution in [0.5, 0.6) is 0 Å². The zero-order chi connectivity index (χ0) is 14.2. The number of rotatable bonds is 1. The number of fused-ring (bicyclic) bond motifs is 2. The Labute approximate surface area is 123 Å². The second-order valence-electron chi connectivity index (χ2n) is 5.34. The van der Waals surface area contributed by atoms with Gasteiger partial charge in [-0.3, -0.25) is 0 Å². The van der Waals surface area contributed by atoms with Crippen LogP contribution in [0.15, 0.2) is 72.8 Å². The normalized spacial score (nSPS) is 11.1. The molecular formula is C20H15N. The molecule has 0 amide bonds. The third kappa shape index (κ3) is 1.90. The molecule has 4 rings (SSSR count). The zero-order valence-electron chi connectivity index (χ0n) is 11.9. The first kappa shape index (κ1) is 12.1. The lowest BCUT2D eigenvalue weighted by molar-refractivity contribution is 1.42. The van der Waals surface area contributed by atoms with Gasteiger partial charge in [0, 0.05) is 16.3 Å². The second kappa shape index (κ2) is 4.71. The second-order valence-corrected chi connectivity index (χ2v) is 5.34.